The summed E-state index contributed by atoms with van der Waals surface area (Å²) in [7, 11) is 0. The summed E-state index contributed by atoms with van der Waals surface area (Å²) < 4.78 is 7.41. The zero-order chi connectivity index (χ0) is 16.7. The summed E-state index contributed by atoms with van der Waals surface area (Å²) in [4.78, 5) is 4.90. The van der Waals surface area contributed by atoms with Crippen LogP contribution in [0.5, 0.6) is 5.75 Å². The van der Waals surface area contributed by atoms with Crippen LogP contribution < -0.4 is 10.1 Å². The molecule has 0 saturated carbocycles. The van der Waals surface area contributed by atoms with Crippen molar-refractivity contribution in [3.8, 4) is 5.75 Å². The third-order valence-corrected chi connectivity index (χ3v) is 5.06. The van der Waals surface area contributed by atoms with Gasteiger partial charge >= 0.3 is 0 Å². The molecular formula is C20H20N2OS. The van der Waals surface area contributed by atoms with Crippen LogP contribution in [0.2, 0.25) is 0 Å². The van der Waals surface area contributed by atoms with Crippen molar-refractivity contribution in [3.05, 3.63) is 59.0 Å². The van der Waals surface area contributed by atoms with Gasteiger partial charge in [-0.05, 0) is 39.0 Å². The van der Waals surface area contributed by atoms with E-state index in [-0.39, 0.29) is 0 Å². The van der Waals surface area contributed by atoms with Crippen molar-refractivity contribution in [2.75, 3.05) is 11.9 Å². The molecular weight excluding hydrogens is 316 g/mol. The van der Waals surface area contributed by atoms with E-state index in [1.807, 2.05) is 13.8 Å². The molecule has 24 heavy (non-hydrogen) atoms. The molecule has 3 aromatic rings. The highest BCUT2D eigenvalue weighted by Gasteiger charge is 2.29. The van der Waals surface area contributed by atoms with Crippen molar-refractivity contribution in [1.29, 1.82) is 0 Å². The van der Waals surface area contributed by atoms with Crippen LogP contribution in [0.4, 0.5) is 5.69 Å². The van der Waals surface area contributed by atoms with Crippen LogP contribution in [0.25, 0.3) is 10.1 Å². The molecule has 0 fully saturated rings. The van der Waals surface area contributed by atoms with Crippen LogP contribution in [0.15, 0.2) is 52.8 Å². The topological polar surface area (TPSA) is 33.6 Å². The van der Waals surface area contributed by atoms with E-state index in [1.54, 1.807) is 11.3 Å². The third-order valence-electron chi connectivity index (χ3n) is 4.09. The highest BCUT2D eigenvalue weighted by atomic mass is 32.1. The van der Waals surface area contributed by atoms with Crippen molar-refractivity contribution in [3.63, 3.8) is 0 Å². The Kier molecular flexibility index (Phi) is 3.57. The molecule has 2 aromatic carbocycles. The molecule has 1 N–H and O–H groups in total. The van der Waals surface area contributed by atoms with E-state index in [1.165, 1.54) is 15.6 Å². The quantitative estimate of drug-likeness (QED) is 0.704. The summed E-state index contributed by atoms with van der Waals surface area (Å²) in [5, 5.41) is 6.80. The number of rotatable bonds is 3. The monoisotopic (exact) mass is 336 g/mol. The van der Waals surface area contributed by atoms with Crippen molar-refractivity contribution < 1.29 is 4.74 Å². The minimum Gasteiger partial charge on any atom is -0.466 e. The number of nitrogens with zero attached hydrogens (tertiary/aromatic N) is 1. The molecule has 0 radical (unpaired) electrons. The zero-order valence-electron chi connectivity index (χ0n) is 14.1. The summed E-state index contributed by atoms with van der Waals surface area (Å²) in [5.74, 6) is 0.888. The molecule has 2 heterocycles. The fraction of sp³-hybridized carbons (Fsp3) is 0.250. The maximum Gasteiger partial charge on any atom is 0.195 e. The van der Waals surface area contributed by atoms with Gasteiger partial charge in [0.05, 0.1) is 5.71 Å². The van der Waals surface area contributed by atoms with Gasteiger partial charge in [0.25, 0.3) is 0 Å². The molecule has 0 amide bonds. The number of hydrogen-bond donors (Lipinski definition) is 1. The van der Waals surface area contributed by atoms with E-state index in [9.17, 15) is 0 Å². The number of ether oxygens (including phenoxy) is 1. The van der Waals surface area contributed by atoms with Gasteiger partial charge in [0.2, 0.25) is 0 Å². The van der Waals surface area contributed by atoms with Gasteiger partial charge in [-0.25, -0.2) is 4.99 Å². The number of hydrogen-bond acceptors (Lipinski definition) is 4. The van der Waals surface area contributed by atoms with Crippen LogP contribution >= 0.6 is 11.3 Å². The fourth-order valence-electron chi connectivity index (χ4n) is 3.10. The number of aliphatic imine (C=N–C) groups is 1. The first-order valence-electron chi connectivity index (χ1n) is 8.21. The van der Waals surface area contributed by atoms with Crippen LogP contribution in [-0.4, -0.2) is 18.0 Å². The number of nitrogens with one attached hydrogen (secondary N) is 1. The molecule has 1 aliphatic heterocycles. The van der Waals surface area contributed by atoms with Gasteiger partial charge < -0.3 is 10.1 Å². The molecule has 3 nitrogen and oxygen atoms in total. The Labute approximate surface area is 146 Å². The SMILES string of the molecule is CCNc1ccc2c(c1)OC(C)(C)N=C2c1csc2ccccc12. The zero-order valence-corrected chi connectivity index (χ0v) is 14.9. The lowest BCUT2D eigenvalue weighted by molar-refractivity contribution is 0.115. The summed E-state index contributed by atoms with van der Waals surface area (Å²) >= 11 is 1.76. The molecule has 4 rings (SSSR count). The summed E-state index contributed by atoms with van der Waals surface area (Å²) in [6.07, 6.45) is 0. The molecule has 0 unspecified atom stereocenters. The second-order valence-corrected chi connectivity index (χ2v) is 7.31. The Balaban J connectivity index is 1.90. The molecule has 0 saturated heterocycles. The second kappa shape index (κ2) is 5.64. The maximum atomic E-state index is 6.12. The number of benzene rings is 2. The lowest BCUT2D eigenvalue weighted by Gasteiger charge is -2.30. The molecule has 0 aliphatic carbocycles. The van der Waals surface area contributed by atoms with Gasteiger partial charge in [-0.1, -0.05) is 18.2 Å². The van der Waals surface area contributed by atoms with Gasteiger partial charge in [0.1, 0.15) is 5.75 Å². The first-order valence-corrected chi connectivity index (χ1v) is 9.09. The van der Waals surface area contributed by atoms with Gasteiger partial charge in [0.15, 0.2) is 5.72 Å². The largest absolute Gasteiger partial charge is 0.466 e. The van der Waals surface area contributed by atoms with Gasteiger partial charge in [0, 0.05) is 44.9 Å². The Morgan fingerprint density at radius 1 is 1.12 bits per heavy atom. The fourth-order valence-corrected chi connectivity index (χ4v) is 4.05. The normalized spacial score (nSPS) is 15.5. The molecule has 0 atom stereocenters. The molecule has 122 valence electrons. The van der Waals surface area contributed by atoms with Crippen LogP contribution in [-0.2, 0) is 0 Å². The summed E-state index contributed by atoms with van der Waals surface area (Å²) in [6.45, 7) is 6.99. The number of thiophene rings is 1. The van der Waals surface area contributed by atoms with Gasteiger partial charge in [-0.3, -0.25) is 0 Å². The Bertz CT molecular complexity index is 940. The number of anilines is 1. The predicted octanol–water partition coefficient (Wildman–Crippen LogP) is 5.30. The molecule has 0 bridgehead atoms. The minimum atomic E-state index is -0.573. The smallest absolute Gasteiger partial charge is 0.195 e. The second-order valence-electron chi connectivity index (χ2n) is 6.40. The third kappa shape index (κ3) is 2.57. The highest BCUT2D eigenvalue weighted by Crippen LogP contribution is 2.37. The van der Waals surface area contributed by atoms with Crippen molar-refractivity contribution in [2.24, 2.45) is 4.99 Å². The highest BCUT2D eigenvalue weighted by molar-refractivity contribution is 7.17. The summed E-state index contributed by atoms with van der Waals surface area (Å²) in [5.41, 5.74) is 3.75. The van der Waals surface area contributed by atoms with E-state index in [0.717, 1.165) is 29.3 Å². The van der Waals surface area contributed by atoms with Crippen molar-refractivity contribution >= 4 is 32.8 Å². The van der Waals surface area contributed by atoms with E-state index in [0.29, 0.717) is 0 Å². The van der Waals surface area contributed by atoms with Crippen molar-refractivity contribution in [1.82, 2.24) is 0 Å². The molecule has 1 aliphatic rings. The number of fused-ring (bicyclic) bond motifs is 2. The first kappa shape index (κ1) is 15.2. The lowest BCUT2D eigenvalue weighted by atomic mass is 9.98. The Morgan fingerprint density at radius 2 is 1.96 bits per heavy atom. The van der Waals surface area contributed by atoms with Crippen LogP contribution in [0.1, 0.15) is 31.9 Å². The average Bonchev–Trinajstić information content (AvgIpc) is 2.97. The van der Waals surface area contributed by atoms with Crippen LogP contribution in [0, 0.1) is 0 Å². The first-order chi connectivity index (χ1) is 11.6. The maximum absolute atomic E-state index is 6.12. The van der Waals surface area contributed by atoms with E-state index in [2.05, 4.69) is 60.1 Å². The van der Waals surface area contributed by atoms with Gasteiger partial charge in [-0.15, -0.1) is 11.3 Å². The standard InChI is InChI=1S/C20H20N2OS/c1-4-21-13-9-10-15-17(11-13)23-20(2,3)22-19(15)16-12-24-18-8-6-5-7-14(16)18/h5-12,21H,4H2,1-3H3. The Morgan fingerprint density at radius 3 is 2.79 bits per heavy atom. The van der Waals surface area contributed by atoms with Crippen molar-refractivity contribution in [2.45, 2.75) is 26.5 Å². The predicted molar refractivity (Wildman–Crippen MR) is 103 cm³/mol. The molecule has 4 heteroatoms. The van der Waals surface area contributed by atoms with Gasteiger partial charge in [-0.2, -0.15) is 0 Å². The molecule has 1 aromatic heterocycles. The van der Waals surface area contributed by atoms with E-state index >= 15 is 0 Å². The average molecular weight is 336 g/mol. The minimum absolute atomic E-state index is 0.573. The Hall–Kier alpha value is -2.33. The summed E-state index contributed by atoms with van der Waals surface area (Å²) in [6, 6.07) is 14.8. The lowest BCUT2D eigenvalue weighted by Crippen LogP contribution is -2.32. The van der Waals surface area contributed by atoms with E-state index < -0.39 is 5.72 Å². The molecule has 0 spiro atoms. The van der Waals surface area contributed by atoms with E-state index in [4.69, 9.17) is 9.73 Å². The van der Waals surface area contributed by atoms with Crippen LogP contribution in [0.3, 0.4) is 0 Å².